The lowest BCUT2D eigenvalue weighted by Gasteiger charge is -2.11. The number of aliphatic imine (C=N–C) groups is 1. The van der Waals surface area contributed by atoms with Gasteiger partial charge in [0, 0.05) is 35.8 Å². The van der Waals surface area contributed by atoms with Crippen molar-refractivity contribution in [3.8, 4) is 0 Å². The van der Waals surface area contributed by atoms with Crippen molar-refractivity contribution in [2.75, 3.05) is 18.8 Å². The topological polar surface area (TPSA) is 67.1 Å². The molecule has 0 aliphatic carbocycles. The highest BCUT2D eigenvalue weighted by atomic mass is 127. The predicted octanol–water partition coefficient (Wildman–Crippen LogP) is 2.93. The number of benzene rings is 1. The van der Waals surface area contributed by atoms with E-state index in [0.29, 0.717) is 6.54 Å². The Kier molecular flexibility index (Phi) is 10.1. The summed E-state index contributed by atoms with van der Waals surface area (Å²) in [4.78, 5) is 5.72. The van der Waals surface area contributed by atoms with Crippen molar-refractivity contribution < 1.29 is 0 Å². The molecular formula is C15H22ClIN6S. The number of hydrogen-bond donors (Lipinski definition) is 2. The van der Waals surface area contributed by atoms with E-state index in [-0.39, 0.29) is 24.0 Å². The van der Waals surface area contributed by atoms with Crippen molar-refractivity contribution in [2.24, 2.45) is 12.0 Å². The van der Waals surface area contributed by atoms with Gasteiger partial charge in [0.05, 0.1) is 0 Å². The summed E-state index contributed by atoms with van der Waals surface area (Å²) in [6.45, 7) is 4.17. The highest BCUT2D eigenvalue weighted by Crippen LogP contribution is 2.19. The summed E-state index contributed by atoms with van der Waals surface area (Å²) in [6.07, 6.45) is 1.67. The largest absolute Gasteiger partial charge is 0.357 e. The second-order valence-corrected chi connectivity index (χ2v) is 6.39. The summed E-state index contributed by atoms with van der Waals surface area (Å²) in [5.41, 5.74) is 0. The van der Waals surface area contributed by atoms with Gasteiger partial charge in [-0.2, -0.15) is 0 Å². The van der Waals surface area contributed by atoms with Crippen molar-refractivity contribution in [3.63, 3.8) is 0 Å². The number of nitrogens with one attached hydrogen (secondary N) is 2. The second-order valence-electron chi connectivity index (χ2n) is 4.78. The fourth-order valence-electron chi connectivity index (χ4n) is 1.81. The van der Waals surface area contributed by atoms with Crippen LogP contribution in [0.15, 0.2) is 40.5 Å². The van der Waals surface area contributed by atoms with Crippen LogP contribution in [-0.4, -0.2) is 39.6 Å². The van der Waals surface area contributed by atoms with Crippen molar-refractivity contribution >= 4 is 53.3 Å². The highest BCUT2D eigenvalue weighted by Gasteiger charge is 2.01. The third kappa shape index (κ3) is 7.27. The van der Waals surface area contributed by atoms with Crippen molar-refractivity contribution in [2.45, 2.75) is 18.4 Å². The highest BCUT2D eigenvalue weighted by molar-refractivity contribution is 14.0. The minimum absolute atomic E-state index is 0. The van der Waals surface area contributed by atoms with E-state index in [1.54, 1.807) is 18.1 Å². The summed E-state index contributed by atoms with van der Waals surface area (Å²) >= 11 is 7.66. The Morgan fingerprint density at radius 3 is 2.67 bits per heavy atom. The lowest BCUT2D eigenvalue weighted by atomic mass is 10.4. The first-order valence-corrected chi connectivity index (χ1v) is 8.79. The molecule has 0 aliphatic rings. The Labute approximate surface area is 168 Å². The monoisotopic (exact) mass is 480 g/mol. The van der Waals surface area contributed by atoms with Gasteiger partial charge in [-0.25, -0.2) is 4.99 Å². The quantitative estimate of drug-likeness (QED) is 0.210. The minimum atomic E-state index is 0. The van der Waals surface area contributed by atoms with Crippen LogP contribution >= 0.6 is 47.3 Å². The Hall–Kier alpha value is -1.000. The number of rotatable bonds is 7. The first-order valence-electron chi connectivity index (χ1n) is 7.42. The summed E-state index contributed by atoms with van der Waals surface area (Å²) in [5, 5.41) is 15.2. The van der Waals surface area contributed by atoms with Crippen LogP contribution in [-0.2, 0) is 13.6 Å². The number of aromatic nitrogens is 3. The van der Waals surface area contributed by atoms with E-state index in [9.17, 15) is 0 Å². The standard InChI is InChI=1S/C15H21ClN6S.HI/c1-3-17-15(19-10-14-21-20-11-22(14)2)18-8-9-23-13-6-4-12(16)5-7-13;/h4-7,11H,3,8-10H2,1-2H3,(H2,17,18,19);1H. The smallest absolute Gasteiger partial charge is 0.191 e. The third-order valence-electron chi connectivity index (χ3n) is 3.00. The molecule has 9 heteroatoms. The van der Waals surface area contributed by atoms with Gasteiger partial charge in [-0.1, -0.05) is 11.6 Å². The number of halogens is 2. The maximum absolute atomic E-state index is 5.88. The Balaban J connectivity index is 0.00000288. The van der Waals surface area contributed by atoms with Crippen LogP contribution < -0.4 is 10.6 Å². The second kappa shape index (κ2) is 11.5. The fourth-order valence-corrected chi connectivity index (χ4v) is 2.71. The first kappa shape index (κ1) is 21.0. The SMILES string of the molecule is CCNC(=NCc1nncn1C)NCCSc1ccc(Cl)cc1.I. The summed E-state index contributed by atoms with van der Waals surface area (Å²) in [7, 11) is 1.91. The van der Waals surface area contributed by atoms with Crippen LogP contribution in [0.2, 0.25) is 5.02 Å². The van der Waals surface area contributed by atoms with Gasteiger partial charge in [0.15, 0.2) is 11.8 Å². The van der Waals surface area contributed by atoms with Crippen LogP contribution in [0.25, 0.3) is 0 Å². The van der Waals surface area contributed by atoms with Crippen molar-refractivity contribution in [1.82, 2.24) is 25.4 Å². The molecule has 0 fully saturated rings. The van der Waals surface area contributed by atoms with Gasteiger partial charge >= 0.3 is 0 Å². The molecule has 0 saturated heterocycles. The number of hydrogen-bond acceptors (Lipinski definition) is 4. The maximum Gasteiger partial charge on any atom is 0.191 e. The number of guanidine groups is 1. The molecule has 0 aliphatic heterocycles. The average Bonchev–Trinajstić information content (AvgIpc) is 2.96. The van der Waals surface area contributed by atoms with E-state index in [0.717, 1.165) is 35.6 Å². The van der Waals surface area contributed by atoms with Gasteiger partial charge in [0.25, 0.3) is 0 Å². The molecule has 6 nitrogen and oxygen atoms in total. The third-order valence-corrected chi connectivity index (χ3v) is 4.27. The average molecular weight is 481 g/mol. The van der Waals surface area contributed by atoms with Gasteiger partial charge < -0.3 is 15.2 Å². The van der Waals surface area contributed by atoms with Gasteiger partial charge in [0.2, 0.25) is 0 Å². The van der Waals surface area contributed by atoms with Crippen LogP contribution in [0.3, 0.4) is 0 Å². The van der Waals surface area contributed by atoms with Crippen molar-refractivity contribution in [3.05, 3.63) is 41.4 Å². The summed E-state index contributed by atoms with van der Waals surface area (Å²) < 4.78 is 1.86. The molecule has 0 radical (unpaired) electrons. The minimum Gasteiger partial charge on any atom is -0.357 e. The fraction of sp³-hybridized carbons (Fsp3) is 0.400. The molecule has 0 saturated carbocycles. The van der Waals surface area contributed by atoms with Crippen LogP contribution in [0.4, 0.5) is 0 Å². The summed E-state index contributed by atoms with van der Waals surface area (Å²) in [6, 6.07) is 7.87. The molecule has 1 aromatic heterocycles. The zero-order valence-electron chi connectivity index (χ0n) is 13.7. The van der Waals surface area contributed by atoms with Crippen LogP contribution in [0.5, 0.6) is 0 Å². The van der Waals surface area contributed by atoms with E-state index in [1.165, 1.54) is 4.90 Å². The molecular weight excluding hydrogens is 459 g/mol. The van der Waals surface area contributed by atoms with E-state index in [1.807, 2.05) is 42.8 Å². The van der Waals surface area contributed by atoms with Gasteiger partial charge in [-0.15, -0.1) is 45.9 Å². The lowest BCUT2D eigenvalue weighted by Crippen LogP contribution is -2.38. The molecule has 0 unspecified atom stereocenters. The van der Waals surface area contributed by atoms with Crippen molar-refractivity contribution in [1.29, 1.82) is 0 Å². The lowest BCUT2D eigenvalue weighted by molar-refractivity contribution is 0.774. The molecule has 0 spiro atoms. The van der Waals surface area contributed by atoms with E-state index in [2.05, 4.69) is 25.8 Å². The summed E-state index contributed by atoms with van der Waals surface area (Å²) in [5.74, 6) is 2.56. The molecule has 2 rings (SSSR count). The maximum atomic E-state index is 5.88. The van der Waals surface area contributed by atoms with E-state index >= 15 is 0 Å². The molecule has 1 aromatic carbocycles. The van der Waals surface area contributed by atoms with E-state index in [4.69, 9.17) is 11.6 Å². The van der Waals surface area contributed by atoms with Crippen LogP contribution in [0.1, 0.15) is 12.7 Å². The first-order chi connectivity index (χ1) is 11.2. The zero-order valence-corrected chi connectivity index (χ0v) is 17.6. The Morgan fingerprint density at radius 2 is 2.04 bits per heavy atom. The van der Waals surface area contributed by atoms with Crippen LogP contribution in [0, 0.1) is 0 Å². The predicted molar refractivity (Wildman–Crippen MR) is 111 cm³/mol. The molecule has 0 atom stereocenters. The normalized spacial score (nSPS) is 11.0. The molecule has 132 valence electrons. The molecule has 0 amide bonds. The Morgan fingerprint density at radius 1 is 1.29 bits per heavy atom. The van der Waals surface area contributed by atoms with Gasteiger partial charge in [0.1, 0.15) is 12.9 Å². The van der Waals surface area contributed by atoms with E-state index < -0.39 is 0 Å². The number of nitrogens with zero attached hydrogens (tertiary/aromatic N) is 4. The van der Waals surface area contributed by atoms with Gasteiger partial charge in [-0.05, 0) is 31.2 Å². The molecule has 0 bridgehead atoms. The molecule has 2 aromatic rings. The number of thioether (sulfide) groups is 1. The Bertz CT molecular complexity index is 631. The van der Waals surface area contributed by atoms with Gasteiger partial charge in [-0.3, -0.25) is 0 Å². The number of aryl methyl sites for hydroxylation is 1. The molecule has 24 heavy (non-hydrogen) atoms. The zero-order chi connectivity index (χ0) is 16.5. The molecule has 2 N–H and O–H groups in total. The molecule has 1 heterocycles.